The molecule has 0 saturated carbocycles. The largest absolute Gasteiger partial charge is 0.496 e. The Kier molecular flexibility index (Phi) is 4.48. The third-order valence-electron chi connectivity index (χ3n) is 3.09. The number of nitrogens with one attached hydrogen (secondary N) is 1. The predicted molar refractivity (Wildman–Crippen MR) is 83.9 cm³/mol. The van der Waals surface area contributed by atoms with Crippen LogP contribution in [0, 0.1) is 13.8 Å². The maximum Gasteiger partial charge on any atom is 0.123 e. The van der Waals surface area contributed by atoms with Crippen LogP contribution in [0.3, 0.4) is 0 Å². The SMILES string of the molecule is COc1ccc(C)cc1CNc1ccc(C)c(Br)c1. The summed E-state index contributed by atoms with van der Waals surface area (Å²) in [7, 11) is 1.70. The summed E-state index contributed by atoms with van der Waals surface area (Å²) in [5, 5.41) is 3.42. The van der Waals surface area contributed by atoms with E-state index in [1.807, 2.05) is 6.07 Å². The second-order valence-corrected chi connectivity index (χ2v) is 5.49. The molecule has 19 heavy (non-hydrogen) atoms. The highest BCUT2D eigenvalue weighted by Gasteiger charge is 2.03. The van der Waals surface area contributed by atoms with Gasteiger partial charge in [-0.2, -0.15) is 0 Å². The first kappa shape index (κ1) is 13.9. The highest BCUT2D eigenvalue weighted by molar-refractivity contribution is 9.10. The molecule has 2 rings (SSSR count). The van der Waals surface area contributed by atoms with Gasteiger partial charge in [0.05, 0.1) is 7.11 Å². The molecule has 0 radical (unpaired) electrons. The fraction of sp³-hybridized carbons (Fsp3) is 0.250. The van der Waals surface area contributed by atoms with E-state index in [9.17, 15) is 0 Å². The maximum atomic E-state index is 5.38. The van der Waals surface area contributed by atoms with Crippen LogP contribution in [0.4, 0.5) is 5.69 Å². The Labute approximate surface area is 122 Å². The molecule has 2 nitrogen and oxygen atoms in total. The molecule has 0 spiro atoms. The van der Waals surface area contributed by atoms with E-state index in [1.54, 1.807) is 7.11 Å². The topological polar surface area (TPSA) is 21.3 Å². The van der Waals surface area contributed by atoms with Crippen LogP contribution in [0.25, 0.3) is 0 Å². The van der Waals surface area contributed by atoms with Gasteiger partial charge in [0.15, 0.2) is 0 Å². The summed E-state index contributed by atoms with van der Waals surface area (Å²) in [4.78, 5) is 0. The minimum Gasteiger partial charge on any atom is -0.496 e. The van der Waals surface area contributed by atoms with Crippen LogP contribution in [-0.4, -0.2) is 7.11 Å². The Bertz CT molecular complexity index is 581. The summed E-state index contributed by atoms with van der Waals surface area (Å²) in [6.07, 6.45) is 0. The molecule has 2 aromatic carbocycles. The van der Waals surface area contributed by atoms with E-state index < -0.39 is 0 Å². The van der Waals surface area contributed by atoms with Crippen molar-refractivity contribution in [1.29, 1.82) is 0 Å². The molecule has 3 heteroatoms. The number of rotatable bonds is 4. The first-order valence-corrected chi connectivity index (χ1v) is 7.03. The van der Waals surface area contributed by atoms with Gasteiger partial charge in [-0.1, -0.05) is 39.7 Å². The van der Waals surface area contributed by atoms with E-state index in [4.69, 9.17) is 4.74 Å². The highest BCUT2D eigenvalue weighted by Crippen LogP contribution is 2.23. The van der Waals surface area contributed by atoms with Crippen LogP contribution >= 0.6 is 15.9 Å². The van der Waals surface area contributed by atoms with Gasteiger partial charge in [-0.3, -0.25) is 0 Å². The molecule has 0 amide bonds. The van der Waals surface area contributed by atoms with Gasteiger partial charge < -0.3 is 10.1 Å². The lowest BCUT2D eigenvalue weighted by molar-refractivity contribution is 0.410. The van der Waals surface area contributed by atoms with E-state index in [0.717, 1.165) is 22.5 Å². The average molecular weight is 320 g/mol. The Balaban J connectivity index is 2.13. The first-order valence-electron chi connectivity index (χ1n) is 6.23. The Hall–Kier alpha value is -1.48. The summed E-state index contributed by atoms with van der Waals surface area (Å²) in [6.45, 7) is 4.92. The van der Waals surface area contributed by atoms with Gasteiger partial charge in [0.1, 0.15) is 5.75 Å². The summed E-state index contributed by atoms with van der Waals surface area (Å²) in [5.74, 6) is 0.921. The molecule has 1 N–H and O–H groups in total. The zero-order valence-corrected chi connectivity index (χ0v) is 13.0. The fourth-order valence-electron chi connectivity index (χ4n) is 1.95. The van der Waals surface area contributed by atoms with Crippen molar-refractivity contribution in [3.05, 3.63) is 57.6 Å². The molecule has 0 aliphatic heterocycles. The van der Waals surface area contributed by atoms with E-state index in [1.165, 1.54) is 16.7 Å². The number of benzene rings is 2. The number of anilines is 1. The zero-order valence-electron chi connectivity index (χ0n) is 11.5. The maximum absolute atomic E-state index is 5.38. The van der Waals surface area contributed by atoms with E-state index >= 15 is 0 Å². The summed E-state index contributed by atoms with van der Waals surface area (Å²) in [5.41, 5.74) is 4.74. The smallest absolute Gasteiger partial charge is 0.123 e. The van der Waals surface area contributed by atoms with Gasteiger partial charge in [0, 0.05) is 22.3 Å². The minimum atomic E-state index is 0.750. The van der Waals surface area contributed by atoms with Gasteiger partial charge in [-0.05, 0) is 37.6 Å². The lowest BCUT2D eigenvalue weighted by atomic mass is 10.1. The predicted octanol–water partition coefficient (Wildman–Crippen LogP) is 4.69. The van der Waals surface area contributed by atoms with Crippen LogP contribution < -0.4 is 10.1 Å². The lowest BCUT2D eigenvalue weighted by Gasteiger charge is -2.12. The highest BCUT2D eigenvalue weighted by atomic mass is 79.9. The number of methoxy groups -OCH3 is 1. The van der Waals surface area contributed by atoms with Crippen molar-refractivity contribution in [1.82, 2.24) is 0 Å². The normalized spacial score (nSPS) is 10.3. The molecule has 0 saturated heterocycles. The van der Waals surface area contributed by atoms with Crippen LogP contribution in [0.1, 0.15) is 16.7 Å². The van der Waals surface area contributed by atoms with Crippen molar-refractivity contribution < 1.29 is 4.74 Å². The molecular weight excluding hydrogens is 302 g/mol. The van der Waals surface area contributed by atoms with Crippen molar-refractivity contribution in [2.45, 2.75) is 20.4 Å². The Morgan fingerprint density at radius 1 is 1.11 bits per heavy atom. The average Bonchev–Trinajstić information content (AvgIpc) is 2.40. The Morgan fingerprint density at radius 2 is 1.89 bits per heavy atom. The van der Waals surface area contributed by atoms with Gasteiger partial charge in [0.2, 0.25) is 0 Å². The second kappa shape index (κ2) is 6.11. The van der Waals surface area contributed by atoms with Crippen molar-refractivity contribution in [3.8, 4) is 5.75 Å². The molecule has 0 atom stereocenters. The van der Waals surface area contributed by atoms with Crippen molar-refractivity contribution in [2.75, 3.05) is 12.4 Å². The molecule has 0 heterocycles. The van der Waals surface area contributed by atoms with E-state index in [0.29, 0.717) is 0 Å². The van der Waals surface area contributed by atoms with E-state index in [-0.39, 0.29) is 0 Å². The number of hydrogen-bond donors (Lipinski definition) is 1. The third kappa shape index (κ3) is 3.51. The lowest BCUT2D eigenvalue weighted by Crippen LogP contribution is -2.02. The number of aryl methyl sites for hydroxylation is 2. The molecular formula is C16H18BrNO. The van der Waals surface area contributed by atoms with E-state index in [2.05, 4.69) is 65.4 Å². The van der Waals surface area contributed by atoms with Gasteiger partial charge in [-0.15, -0.1) is 0 Å². The molecule has 2 aromatic rings. The third-order valence-corrected chi connectivity index (χ3v) is 3.95. The molecule has 0 aliphatic carbocycles. The van der Waals surface area contributed by atoms with Crippen molar-refractivity contribution in [3.63, 3.8) is 0 Å². The van der Waals surface area contributed by atoms with Gasteiger partial charge >= 0.3 is 0 Å². The quantitative estimate of drug-likeness (QED) is 0.883. The molecule has 0 bridgehead atoms. The number of halogens is 1. The van der Waals surface area contributed by atoms with Crippen molar-refractivity contribution in [2.24, 2.45) is 0 Å². The molecule has 0 fully saturated rings. The number of ether oxygens (including phenoxy) is 1. The van der Waals surface area contributed by atoms with Crippen LogP contribution in [-0.2, 0) is 6.54 Å². The first-order chi connectivity index (χ1) is 9.10. The molecule has 0 unspecified atom stereocenters. The summed E-state index contributed by atoms with van der Waals surface area (Å²) >= 11 is 3.55. The minimum absolute atomic E-state index is 0.750. The Morgan fingerprint density at radius 3 is 2.58 bits per heavy atom. The summed E-state index contributed by atoms with van der Waals surface area (Å²) < 4.78 is 6.50. The van der Waals surface area contributed by atoms with Gasteiger partial charge in [-0.25, -0.2) is 0 Å². The second-order valence-electron chi connectivity index (χ2n) is 4.63. The van der Waals surface area contributed by atoms with Crippen LogP contribution in [0.15, 0.2) is 40.9 Å². The van der Waals surface area contributed by atoms with Gasteiger partial charge in [0.25, 0.3) is 0 Å². The summed E-state index contributed by atoms with van der Waals surface area (Å²) in [6, 6.07) is 12.5. The molecule has 0 aliphatic rings. The van der Waals surface area contributed by atoms with Crippen LogP contribution in [0.2, 0.25) is 0 Å². The van der Waals surface area contributed by atoms with Crippen molar-refractivity contribution >= 4 is 21.6 Å². The van der Waals surface area contributed by atoms with Crippen LogP contribution in [0.5, 0.6) is 5.75 Å². The monoisotopic (exact) mass is 319 g/mol. The number of hydrogen-bond acceptors (Lipinski definition) is 2. The molecule has 0 aromatic heterocycles. The zero-order chi connectivity index (χ0) is 13.8. The fourth-order valence-corrected chi connectivity index (χ4v) is 2.32. The molecule has 100 valence electrons. The standard InChI is InChI=1S/C16H18BrNO/c1-11-4-7-16(19-3)13(8-11)10-18-14-6-5-12(2)15(17)9-14/h4-9,18H,10H2,1-3H3.